The minimum absolute atomic E-state index is 0.264. The van der Waals surface area contributed by atoms with E-state index in [1.54, 1.807) is 10.9 Å². The van der Waals surface area contributed by atoms with Crippen LogP contribution in [0.15, 0.2) is 24.5 Å². The zero-order valence-electron chi connectivity index (χ0n) is 9.23. The van der Waals surface area contributed by atoms with E-state index in [0.717, 1.165) is 11.3 Å². The van der Waals surface area contributed by atoms with Crippen molar-refractivity contribution in [3.05, 3.63) is 41.3 Å². The molecule has 0 aliphatic heterocycles. The fourth-order valence-electron chi connectivity index (χ4n) is 1.71. The van der Waals surface area contributed by atoms with Crippen LogP contribution < -0.4 is 5.73 Å². The van der Waals surface area contributed by atoms with Gasteiger partial charge in [0, 0.05) is 0 Å². The Hall–Kier alpha value is -2.28. The summed E-state index contributed by atoms with van der Waals surface area (Å²) in [6, 6.07) is 8.01. The van der Waals surface area contributed by atoms with Gasteiger partial charge in [0.05, 0.1) is 5.69 Å². The third-order valence-corrected chi connectivity index (χ3v) is 2.52. The second-order valence-corrected chi connectivity index (χ2v) is 3.75. The molecule has 0 bridgehead atoms. The van der Waals surface area contributed by atoms with E-state index in [-0.39, 0.29) is 5.69 Å². The minimum Gasteiger partial charge on any atom is -0.382 e. The maximum Gasteiger partial charge on any atom is 0.182 e. The number of hydrogen-bond donors (Lipinski definition) is 1. The van der Waals surface area contributed by atoms with Crippen molar-refractivity contribution in [3.8, 4) is 11.8 Å². The number of rotatable bonds is 1. The predicted molar refractivity (Wildman–Crippen MR) is 62.2 cm³/mol. The van der Waals surface area contributed by atoms with Crippen LogP contribution in [0, 0.1) is 25.2 Å². The number of nitrogen functional groups attached to an aromatic ring is 1. The Morgan fingerprint density at radius 1 is 1.38 bits per heavy atom. The van der Waals surface area contributed by atoms with Crippen LogP contribution in [0.25, 0.3) is 5.69 Å². The Bertz CT molecular complexity index is 575. The van der Waals surface area contributed by atoms with Gasteiger partial charge in [0.15, 0.2) is 5.69 Å². The highest BCUT2D eigenvalue weighted by molar-refractivity contribution is 5.53. The number of aromatic nitrogens is 2. The highest BCUT2D eigenvalue weighted by atomic mass is 15.1. The average Bonchev–Trinajstić information content (AvgIpc) is 2.60. The SMILES string of the molecule is Cc1ccc(-n2cnc(C#N)c2N)c(C)c1. The second kappa shape index (κ2) is 3.70. The number of imidazole rings is 1. The van der Waals surface area contributed by atoms with Gasteiger partial charge in [0.1, 0.15) is 18.2 Å². The monoisotopic (exact) mass is 212 g/mol. The third kappa shape index (κ3) is 1.52. The van der Waals surface area contributed by atoms with Gasteiger partial charge in [-0.3, -0.25) is 4.57 Å². The van der Waals surface area contributed by atoms with Gasteiger partial charge in [-0.1, -0.05) is 17.7 Å². The maximum atomic E-state index is 8.79. The normalized spacial score (nSPS) is 10.1. The zero-order chi connectivity index (χ0) is 11.7. The van der Waals surface area contributed by atoms with Crippen molar-refractivity contribution in [2.45, 2.75) is 13.8 Å². The van der Waals surface area contributed by atoms with E-state index < -0.39 is 0 Å². The fourth-order valence-corrected chi connectivity index (χ4v) is 1.71. The van der Waals surface area contributed by atoms with E-state index in [1.165, 1.54) is 5.56 Å². The molecule has 0 radical (unpaired) electrons. The molecule has 2 N–H and O–H groups in total. The first-order valence-electron chi connectivity index (χ1n) is 4.94. The first-order valence-corrected chi connectivity index (χ1v) is 4.94. The Morgan fingerprint density at radius 3 is 2.69 bits per heavy atom. The van der Waals surface area contributed by atoms with Crippen LogP contribution in [0.3, 0.4) is 0 Å². The molecule has 80 valence electrons. The van der Waals surface area contributed by atoms with Gasteiger partial charge in [-0.2, -0.15) is 5.26 Å². The van der Waals surface area contributed by atoms with Crippen molar-refractivity contribution in [1.29, 1.82) is 5.26 Å². The van der Waals surface area contributed by atoms with Crippen molar-refractivity contribution in [1.82, 2.24) is 9.55 Å². The Morgan fingerprint density at radius 2 is 2.12 bits per heavy atom. The Labute approximate surface area is 94.0 Å². The van der Waals surface area contributed by atoms with E-state index in [2.05, 4.69) is 11.1 Å². The minimum atomic E-state index is 0.264. The molecule has 1 heterocycles. The van der Waals surface area contributed by atoms with Crippen LogP contribution in [0.5, 0.6) is 0 Å². The quantitative estimate of drug-likeness (QED) is 0.785. The largest absolute Gasteiger partial charge is 0.382 e. The van der Waals surface area contributed by atoms with Gasteiger partial charge in [0.2, 0.25) is 0 Å². The lowest BCUT2D eigenvalue weighted by atomic mass is 10.1. The van der Waals surface area contributed by atoms with Gasteiger partial charge in [-0.05, 0) is 25.5 Å². The molecule has 0 saturated heterocycles. The summed E-state index contributed by atoms with van der Waals surface area (Å²) in [5, 5.41) is 8.79. The van der Waals surface area contributed by atoms with Crippen molar-refractivity contribution in [2.24, 2.45) is 0 Å². The molecule has 0 unspecified atom stereocenters. The van der Waals surface area contributed by atoms with Crippen LogP contribution in [-0.4, -0.2) is 9.55 Å². The van der Waals surface area contributed by atoms with E-state index in [0.29, 0.717) is 5.82 Å². The van der Waals surface area contributed by atoms with Gasteiger partial charge in [-0.25, -0.2) is 4.98 Å². The second-order valence-electron chi connectivity index (χ2n) is 3.75. The molecule has 0 saturated carbocycles. The van der Waals surface area contributed by atoms with Crippen molar-refractivity contribution < 1.29 is 0 Å². The van der Waals surface area contributed by atoms with E-state index >= 15 is 0 Å². The predicted octanol–water partition coefficient (Wildman–Crippen LogP) is 1.94. The number of nitrogens with zero attached hydrogens (tertiary/aromatic N) is 3. The van der Waals surface area contributed by atoms with Crippen molar-refractivity contribution >= 4 is 5.82 Å². The molecule has 2 rings (SSSR count). The molecular weight excluding hydrogens is 200 g/mol. The summed E-state index contributed by atoms with van der Waals surface area (Å²) in [4.78, 5) is 3.95. The molecule has 1 aromatic carbocycles. The van der Waals surface area contributed by atoms with Crippen molar-refractivity contribution in [2.75, 3.05) is 5.73 Å². The van der Waals surface area contributed by atoms with Gasteiger partial charge in [0.25, 0.3) is 0 Å². The molecule has 0 fully saturated rings. The topological polar surface area (TPSA) is 67.6 Å². The van der Waals surface area contributed by atoms with Crippen LogP contribution in [-0.2, 0) is 0 Å². The third-order valence-electron chi connectivity index (χ3n) is 2.52. The Kier molecular flexibility index (Phi) is 2.37. The molecule has 1 aromatic heterocycles. The molecule has 0 amide bonds. The maximum absolute atomic E-state index is 8.79. The molecular formula is C12H12N4. The standard InChI is InChI=1S/C12H12N4/c1-8-3-4-11(9(2)5-8)16-7-15-10(6-13)12(16)14/h3-5,7H,14H2,1-2H3. The molecule has 0 atom stereocenters. The highest BCUT2D eigenvalue weighted by Crippen LogP contribution is 2.20. The summed E-state index contributed by atoms with van der Waals surface area (Å²) in [6.07, 6.45) is 1.57. The number of aryl methyl sites for hydroxylation is 2. The summed E-state index contributed by atoms with van der Waals surface area (Å²) in [6.45, 7) is 4.04. The first-order chi connectivity index (χ1) is 7.63. The van der Waals surface area contributed by atoms with Gasteiger partial charge in [-0.15, -0.1) is 0 Å². The molecule has 4 heteroatoms. The molecule has 0 aliphatic rings. The van der Waals surface area contributed by atoms with Crippen LogP contribution in [0.2, 0.25) is 0 Å². The van der Waals surface area contributed by atoms with Crippen molar-refractivity contribution in [3.63, 3.8) is 0 Å². The summed E-state index contributed by atoms with van der Waals surface area (Å²) < 4.78 is 1.73. The highest BCUT2D eigenvalue weighted by Gasteiger charge is 2.09. The first kappa shape index (κ1) is 10.2. The number of hydrogen-bond acceptors (Lipinski definition) is 3. The van der Waals surface area contributed by atoms with Crippen LogP contribution in [0.4, 0.5) is 5.82 Å². The van der Waals surface area contributed by atoms with E-state index in [1.807, 2.05) is 32.0 Å². The van der Waals surface area contributed by atoms with Gasteiger partial charge < -0.3 is 5.73 Å². The Balaban J connectivity index is 2.60. The number of nitriles is 1. The van der Waals surface area contributed by atoms with E-state index in [4.69, 9.17) is 11.0 Å². The summed E-state index contributed by atoms with van der Waals surface area (Å²) in [5.41, 5.74) is 9.35. The summed E-state index contributed by atoms with van der Waals surface area (Å²) in [7, 11) is 0. The van der Waals surface area contributed by atoms with Crippen LogP contribution in [0.1, 0.15) is 16.8 Å². The molecule has 0 aliphatic carbocycles. The molecule has 16 heavy (non-hydrogen) atoms. The lowest BCUT2D eigenvalue weighted by Gasteiger charge is -2.09. The van der Waals surface area contributed by atoms with E-state index in [9.17, 15) is 0 Å². The van der Waals surface area contributed by atoms with Crippen LogP contribution >= 0.6 is 0 Å². The number of anilines is 1. The average molecular weight is 212 g/mol. The van der Waals surface area contributed by atoms with Gasteiger partial charge >= 0.3 is 0 Å². The fraction of sp³-hybridized carbons (Fsp3) is 0.167. The summed E-state index contributed by atoms with van der Waals surface area (Å²) in [5.74, 6) is 0.384. The molecule has 4 nitrogen and oxygen atoms in total. The number of nitrogens with two attached hydrogens (primary N) is 1. The smallest absolute Gasteiger partial charge is 0.182 e. The summed E-state index contributed by atoms with van der Waals surface area (Å²) >= 11 is 0. The molecule has 2 aromatic rings. The lowest BCUT2D eigenvalue weighted by molar-refractivity contribution is 1.05. The zero-order valence-corrected chi connectivity index (χ0v) is 9.23. The number of benzene rings is 1. The molecule has 0 spiro atoms. The lowest BCUT2D eigenvalue weighted by Crippen LogP contribution is -2.01.